The normalized spacial score (nSPS) is 11.3. The van der Waals surface area contributed by atoms with Crippen molar-refractivity contribution in [2.75, 3.05) is 18.1 Å². The second-order valence-corrected chi connectivity index (χ2v) is 4.56. The lowest BCUT2D eigenvalue weighted by atomic mass is 10.1. The van der Waals surface area contributed by atoms with E-state index in [4.69, 9.17) is 5.73 Å². The predicted octanol–water partition coefficient (Wildman–Crippen LogP) is 2.62. The molecule has 0 bridgehead atoms. The fourth-order valence-corrected chi connectivity index (χ4v) is 2.42. The average Bonchev–Trinajstić information content (AvgIpc) is 2.76. The number of rotatable bonds is 3. The molecule has 0 aliphatic heterocycles. The molecule has 3 N–H and O–H groups in total. The molecule has 2 aromatic heterocycles. The van der Waals surface area contributed by atoms with Crippen LogP contribution in [-0.2, 0) is 6.54 Å². The van der Waals surface area contributed by atoms with Gasteiger partial charge in [0.25, 0.3) is 0 Å². The zero-order valence-corrected chi connectivity index (χ0v) is 11.1. The lowest BCUT2D eigenvalue weighted by molar-refractivity contribution is 0.617. The van der Waals surface area contributed by atoms with Crippen molar-refractivity contribution in [1.29, 1.82) is 0 Å². The summed E-state index contributed by atoms with van der Waals surface area (Å²) in [5.41, 5.74) is 8.03. The van der Waals surface area contributed by atoms with Crippen LogP contribution in [0, 0.1) is 0 Å². The van der Waals surface area contributed by atoms with Crippen molar-refractivity contribution in [3.8, 4) is 0 Å². The first-order valence-electron chi connectivity index (χ1n) is 6.48. The van der Waals surface area contributed by atoms with E-state index in [2.05, 4.69) is 22.3 Å². The molecule has 5 heteroatoms. The second kappa shape index (κ2) is 4.42. The molecule has 3 rings (SSSR count). The maximum absolute atomic E-state index is 6.26. The first-order chi connectivity index (χ1) is 9.26. The van der Waals surface area contributed by atoms with Gasteiger partial charge in [-0.2, -0.15) is 5.10 Å². The highest BCUT2D eigenvalue weighted by Crippen LogP contribution is 2.32. The maximum Gasteiger partial charge on any atom is 0.155 e. The van der Waals surface area contributed by atoms with Gasteiger partial charge < -0.3 is 11.1 Å². The van der Waals surface area contributed by atoms with Gasteiger partial charge in [-0.3, -0.25) is 0 Å². The van der Waals surface area contributed by atoms with Crippen molar-refractivity contribution in [1.82, 2.24) is 14.8 Å². The van der Waals surface area contributed by atoms with Crippen LogP contribution >= 0.6 is 0 Å². The van der Waals surface area contributed by atoms with Gasteiger partial charge in [0.05, 0.1) is 10.9 Å². The Balaban J connectivity index is 2.45. The number of benzene rings is 1. The van der Waals surface area contributed by atoms with Crippen molar-refractivity contribution in [3.63, 3.8) is 0 Å². The molecule has 0 aliphatic rings. The summed E-state index contributed by atoms with van der Waals surface area (Å²) in [5, 5.41) is 9.73. The Morgan fingerprint density at radius 2 is 2.11 bits per heavy atom. The van der Waals surface area contributed by atoms with Crippen molar-refractivity contribution in [2.45, 2.75) is 19.9 Å². The van der Waals surface area contributed by atoms with E-state index in [1.54, 1.807) is 0 Å². The highest BCUT2D eigenvalue weighted by atomic mass is 15.3. The number of hydrogen-bond acceptors (Lipinski definition) is 4. The van der Waals surface area contributed by atoms with E-state index < -0.39 is 0 Å². The lowest BCUT2D eigenvalue weighted by Gasteiger charge is -2.04. The maximum atomic E-state index is 6.26. The van der Waals surface area contributed by atoms with Crippen molar-refractivity contribution >= 4 is 33.4 Å². The van der Waals surface area contributed by atoms with Gasteiger partial charge in [0.1, 0.15) is 11.3 Å². The standard InChI is InChI=1S/C14H17N5/c1-3-8-19-13(15)11-9-6-4-5-7-10(9)17-14(16-2)12(11)18-19/h4-7H,3,8,15H2,1-2H3,(H,16,17). The Labute approximate surface area is 111 Å². The minimum atomic E-state index is 0.715. The van der Waals surface area contributed by atoms with Gasteiger partial charge in [-0.05, 0) is 12.5 Å². The van der Waals surface area contributed by atoms with Gasteiger partial charge in [-0.1, -0.05) is 25.1 Å². The number of nitrogens with one attached hydrogen (secondary N) is 1. The summed E-state index contributed by atoms with van der Waals surface area (Å²) in [6.45, 7) is 2.93. The molecule has 0 amide bonds. The summed E-state index contributed by atoms with van der Waals surface area (Å²) in [5.74, 6) is 1.49. The quantitative estimate of drug-likeness (QED) is 0.755. The van der Waals surface area contributed by atoms with Crippen LogP contribution in [0.5, 0.6) is 0 Å². The van der Waals surface area contributed by atoms with E-state index in [9.17, 15) is 0 Å². The van der Waals surface area contributed by atoms with Gasteiger partial charge in [0.2, 0.25) is 0 Å². The molecule has 98 valence electrons. The number of para-hydroxylation sites is 1. The van der Waals surface area contributed by atoms with Crippen molar-refractivity contribution in [2.24, 2.45) is 0 Å². The molecule has 0 atom stereocenters. The summed E-state index contributed by atoms with van der Waals surface area (Å²) in [6.07, 6.45) is 0.998. The zero-order chi connectivity index (χ0) is 13.4. The Morgan fingerprint density at radius 3 is 2.84 bits per heavy atom. The number of nitrogen functional groups attached to an aromatic ring is 1. The predicted molar refractivity (Wildman–Crippen MR) is 79.3 cm³/mol. The molecule has 0 saturated carbocycles. The topological polar surface area (TPSA) is 68.8 Å². The van der Waals surface area contributed by atoms with E-state index in [1.165, 1.54) is 0 Å². The number of nitrogens with zero attached hydrogens (tertiary/aromatic N) is 3. The molecule has 0 unspecified atom stereocenters. The molecule has 0 fully saturated rings. The van der Waals surface area contributed by atoms with Crippen LogP contribution in [0.15, 0.2) is 24.3 Å². The molecule has 0 spiro atoms. The first-order valence-corrected chi connectivity index (χ1v) is 6.48. The third-order valence-electron chi connectivity index (χ3n) is 3.29. The summed E-state index contributed by atoms with van der Waals surface area (Å²) >= 11 is 0. The Hall–Kier alpha value is -2.30. The first kappa shape index (κ1) is 11.8. The van der Waals surface area contributed by atoms with Crippen LogP contribution in [0.1, 0.15) is 13.3 Å². The van der Waals surface area contributed by atoms with Crippen LogP contribution in [0.2, 0.25) is 0 Å². The summed E-state index contributed by atoms with van der Waals surface area (Å²) in [6, 6.07) is 8.01. The van der Waals surface area contributed by atoms with Gasteiger partial charge in [0.15, 0.2) is 5.82 Å². The lowest BCUT2D eigenvalue weighted by Crippen LogP contribution is -2.03. The van der Waals surface area contributed by atoms with Gasteiger partial charge in [-0.25, -0.2) is 9.67 Å². The Kier molecular flexibility index (Phi) is 2.74. The van der Waals surface area contributed by atoms with E-state index in [0.29, 0.717) is 5.82 Å². The molecule has 0 radical (unpaired) electrons. The highest BCUT2D eigenvalue weighted by molar-refractivity contribution is 6.13. The molecule has 5 nitrogen and oxygen atoms in total. The zero-order valence-electron chi connectivity index (χ0n) is 11.1. The van der Waals surface area contributed by atoms with Crippen LogP contribution in [-0.4, -0.2) is 21.8 Å². The SMILES string of the molecule is CCCn1nc2c(NC)nc3ccccc3c2c1N. The number of anilines is 2. The van der Waals surface area contributed by atoms with Crippen LogP contribution in [0.25, 0.3) is 21.8 Å². The van der Waals surface area contributed by atoms with Crippen LogP contribution in [0.4, 0.5) is 11.6 Å². The number of aromatic nitrogens is 3. The molecule has 3 aromatic rings. The van der Waals surface area contributed by atoms with Crippen LogP contribution in [0.3, 0.4) is 0 Å². The number of pyridine rings is 1. The third-order valence-corrected chi connectivity index (χ3v) is 3.29. The fraction of sp³-hybridized carbons (Fsp3) is 0.286. The average molecular weight is 255 g/mol. The minimum absolute atomic E-state index is 0.715. The minimum Gasteiger partial charge on any atom is -0.383 e. The smallest absolute Gasteiger partial charge is 0.155 e. The summed E-state index contributed by atoms with van der Waals surface area (Å²) in [4.78, 5) is 4.59. The van der Waals surface area contributed by atoms with E-state index in [-0.39, 0.29) is 0 Å². The Bertz CT molecular complexity index is 744. The molecule has 2 heterocycles. The van der Waals surface area contributed by atoms with E-state index >= 15 is 0 Å². The molecule has 0 saturated heterocycles. The summed E-state index contributed by atoms with van der Waals surface area (Å²) in [7, 11) is 1.85. The van der Waals surface area contributed by atoms with Crippen LogP contribution < -0.4 is 11.1 Å². The van der Waals surface area contributed by atoms with E-state index in [0.717, 1.165) is 40.6 Å². The molecule has 0 aliphatic carbocycles. The van der Waals surface area contributed by atoms with Gasteiger partial charge >= 0.3 is 0 Å². The number of aryl methyl sites for hydroxylation is 1. The van der Waals surface area contributed by atoms with Crippen molar-refractivity contribution < 1.29 is 0 Å². The molecule has 1 aromatic carbocycles. The molecular weight excluding hydrogens is 238 g/mol. The highest BCUT2D eigenvalue weighted by Gasteiger charge is 2.15. The van der Waals surface area contributed by atoms with Gasteiger partial charge in [-0.15, -0.1) is 0 Å². The number of nitrogens with two attached hydrogens (primary N) is 1. The number of hydrogen-bond donors (Lipinski definition) is 2. The Morgan fingerprint density at radius 1 is 1.32 bits per heavy atom. The fourth-order valence-electron chi connectivity index (χ4n) is 2.42. The third kappa shape index (κ3) is 1.69. The largest absolute Gasteiger partial charge is 0.383 e. The van der Waals surface area contributed by atoms with E-state index in [1.807, 2.05) is 36.0 Å². The monoisotopic (exact) mass is 255 g/mol. The van der Waals surface area contributed by atoms with Crippen molar-refractivity contribution in [3.05, 3.63) is 24.3 Å². The molecular formula is C14H17N5. The molecule has 19 heavy (non-hydrogen) atoms. The van der Waals surface area contributed by atoms with Gasteiger partial charge in [0, 0.05) is 19.0 Å². The second-order valence-electron chi connectivity index (χ2n) is 4.56. The number of fused-ring (bicyclic) bond motifs is 3. The summed E-state index contributed by atoms with van der Waals surface area (Å²) < 4.78 is 1.86.